The Labute approximate surface area is 210 Å². The van der Waals surface area contributed by atoms with Gasteiger partial charge in [-0.15, -0.1) is 5.10 Å². The number of anilines is 1. The maximum absolute atomic E-state index is 13.5. The molecule has 0 saturated heterocycles. The maximum Gasteiger partial charge on any atom is 0.412 e. The van der Waals surface area contributed by atoms with Crippen LogP contribution in [0.2, 0.25) is 5.28 Å². The first-order valence-electron chi connectivity index (χ1n) is 11.4. The standard InChI is InChI=1S/C24H27ClF3N5O3/c1-13-17(12-33-19(13)20(31-21(25)32-33)29-11-15-6-5-9-35-15)16-8-7-14(24(26,27)28)10-18(16)30-22(34)36-23(2,3)4/h5-7,9,12,16,18H,8,10-11H2,1-4H3,(H,30,34)(H,29,31,32). The van der Waals surface area contributed by atoms with Gasteiger partial charge in [-0.05, 0) is 75.4 Å². The molecular weight excluding hydrogens is 499 g/mol. The predicted octanol–water partition coefficient (Wildman–Crippen LogP) is 6.16. The Balaban J connectivity index is 1.70. The summed E-state index contributed by atoms with van der Waals surface area (Å²) in [5, 5.41) is 10.1. The summed E-state index contributed by atoms with van der Waals surface area (Å²) in [6.07, 6.45) is -1.10. The first-order valence-corrected chi connectivity index (χ1v) is 11.8. The van der Waals surface area contributed by atoms with Crippen LogP contribution in [0.1, 0.15) is 56.4 Å². The van der Waals surface area contributed by atoms with Crippen LogP contribution in [0.15, 0.2) is 40.7 Å². The molecule has 0 aliphatic heterocycles. The molecule has 0 fully saturated rings. The van der Waals surface area contributed by atoms with E-state index in [4.69, 9.17) is 20.8 Å². The van der Waals surface area contributed by atoms with Crippen molar-refractivity contribution >= 4 is 29.0 Å². The lowest BCUT2D eigenvalue weighted by Crippen LogP contribution is -2.44. The number of nitrogens with zero attached hydrogens (tertiary/aromatic N) is 3. The van der Waals surface area contributed by atoms with Gasteiger partial charge in [0, 0.05) is 23.7 Å². The van der Waals surface area contributed by atoms with E-state index in [1.807, 2.05) is 13.0 Å². The lowest BCUT2D eigenvalue weighted by molar-refractivity contribution is -0.0962. The number of rotatable bonds is 5. The second-order valence-electron chi connectivity index (χ2n) is 9.69. The Bertz CT molecular complexity index is 1280. The highest BCUT2D eigenvalue weighted by molar-refractivity contribution is 6.28. The molecule has 0 aromatic carbocycles. The molecule has 12 heteroatoms. The fourth-order valence-corrected chi connectivity index (χ4v) is 4.55. The molecule has 1 aliphatic rings. The molecule has 1 amide bonds. The van der Waals surface area contributed by atoms with E-state index in [-0.39, 0.29) is 18.1 Å². The molecule has 2 unspecified atom stereocenters. The zero-order chi connectivity index (χ0) is 26.3. The number of carbonyl (C=O) groups excluding carboxylic acids is 1. The molecule has 36 heavy (non-hydrogen) atoms. The minimum atomic E-state index is -4.48. The monoisotopic (exact) mass is 525 g/mol. The number of ether oxygens (including phenoxy) is 1. The van der Waals surface area contributed by atoms with Gasteiger partial charge in [0.2, 0.25) is 5.28 Å². The molecule has 1 aliphatic carbocycles. The average Bonchev–Trinajstić information content (AvgIpc) is 3.38. The van der Waals surface area contributed by atoms with Gasteiger partial charge in [-0.1, -0.05) is 6.08 Å². The van der Waals surface area contributed by atoms with Gasteiger partial charge >= 0.3 is 12.3 Å². The number of fused-ring (bicyclic) bond motifs is 1. The fourth-order valence-electron chi connectivity index (χ4n) is 4.39. The summed E-state index contributed by atoms with van der Waals surface area (Å²) < 4.78 is 52.8. The van der Waals surface area contributed by atoms with E-state index in [1.165, 1.54) is 6.08 Å². The summed E-state index contributed by atoms with van der Waals surface area (Å²) >= 11 is 6.15. The van der Waals surface area contributed by atoms with Crippen LogP contribution >= 0.6 is 11.6 Å². The van der Waals surface area contributed by atoms with Crippen molar-refractivity contribution in [1.29, 1.82) is 0 Å². The number of hydrogen-bond donors (Lipinski definition) is 2. The Kier molecular flexibility index (Phi) is 6.96. The number of aromatic nitrogens is 3. The number of halogens is 4. The van der Waals surface area contributed by atoms with E-state index in [0.29, 0.717) is 23.6 Å². The van der Waals surface area contributed by atoms with Crippen LogP contribution in [-0.4, -0.2) is 38.5 Å². The van der Waals surface area contributed by atoms with Crippen molar-refractivity contribution in [3.63, 3.8) is 0 Å². The van der Waals surface area contributed by atoms with E-state index in [0.717, 1.165) is 11.1 Å². The van der Waals surface area contributed by atoms with Gasteiger partial charge in [0.1, 0.15) is 16.9 Å². The number of carbonyl (C=O) groups is 1. The summed E-state index contributed by atoms with van der Waals surface area (Å²) in [6.45, 7) is 7.26. The van der Waals surface area contributed by atoms with Gasteiger partial charge in [0.15, 0.2) is 5.82 Å². The number of nitrogens with one attached hydrogen (secondary N) is 2. The van der Waals surface area contributed by atoms with Crippen LogP contribution in [0.5, 0.6) is 0 Å². The molecule has 0 saturated carbocycles. The highest BCUT2D eigenvalue weighted by Crippen LogP contribution is 2.41. The maximum atomic E-state index is 13.5. The van der Waals surface area contributed by atoms with E-state index < -0.39 is 35.4 Å². The first-order chi connectivity index (χ1) is 16.8. The summed E-state index contributed by atoms with van der Waals surface area (Å²) in [5.74, 6) is 0.683. The molecule has 194 valence electrons. The van der Waals surface area contributed by atoms with Crippen molar-refractivity contribution in [1.82, 2.24) is 19.9 Å². The largest absolute Gasteiger partial charge is 0.467 e. The lowest BCUT2D eigenvalue weighted by Gasteiger charge is -2.33. The highest BCUT2D eigenvalue weighted by atomic mass is 35.5. The van der Waals surface area contributed by atoms with Crippen LogP contribution in [0.25, 0.3) is 5.52 Å². The zero-order valence-electron chi connectivity index (χ0n) is 20.2. The predicted molar refractivity (Wildman–Crippen MR) is 128 cm³/mol. The van der Waals surface area contributed by atoms with E-state index in [9.17, 15) is 18.0 Å². The second kappa shape index (κ2) is 9.68. The van der Waals surface area contributed by atoms with Gasteiger partial charge in [-0.3, -0.25) is 0 Å². The van der Waals surface area contributed by atoms with Crippen LogP contribution in [0.3, 0.4) is 0 Å². The van der Waals surface area contributed by atoms with Crippen molar-refractivity contribution in [2.75, 3.05) is 5.32 Å². The Morgan fingerprint density at radius 2 is 2.08 bits per heavy atom. The molecule has 0 radical (unpaired) electrons. The van der Waals surface area contributed by atoms with Crippen LogP contribution in [-0.2, 0) is 11.3 Å². The van der Waals surface area contributed by atoms with Gasteiger partial charge in [-0.2, -0.15) is 18.2 Å². The van der Waals surface area contributed by atoms with Crippen LogP contribution in [0, 0.1) is 6.92 Å². The Morgan fingerprint density at radius 1 is 1.33 bits per heavy atom. The van der Waals surface area contributed by atoms with Crippen LogP contribution in [0.4, 0.5) is 23.8 Å². The molecule has 3 aromatic rings. The number of furan rings is 1. The fraction of sp³-hybridized carbons (Fsp3) is 0.458. The Hall–Kier alpha value is -3.21. The van der Waals surface area contributed by atoms with Gasteiger partial charge < -0.3 is 19.8 Å². The minimum absolute atomic E-state index is 0.00248. The van der Waals surface area contributed by atoms with Crippen molar-refractivity contribution < 1.29 is 27.1 Å². The molecule has 0 spiro atoms. The number of hydrogen-bond acceptors (Lipinski definition) is 6. The smallest absolute Gasteiger partial charge is 0.412 e. The molecule has 2 atom stereocenters. The van der Waals surface area contributed by atoms with E-state index in [2.05, 4.69) is 20.7 Å². The topological polar surface area (TPSA) is 93.7 Å². The molecule has 4 rings (SSSR count). The van der Waals surface area contributed by atoms with Crippen molar-refractivity contribution in [3.8, 4) is 0 Å². The van der Waals surface area contributed by atoms with E-state index in [1.54, 1.807) is 43.8 Å². The van der Waals surface area contributed by atoms with Gasteiger partial charge in [0.05, 0.1) is 12.8 Å². The lowest BCUT2D eigenvalue weighted by atomic mass is 9.80. The number of aryl methyl sites for hydroxylation is 1. The van der Waals surface area contributed by atoms with Crippen LogP contribution < -0.4 is 10.6 Å². The summed E-state index contributed by atoms with van der Waals surface area (Å²) in [7, 11) is 0. The molecular formula is C24H27ClF3N5O3. The minimum Gasteiger partial charge on any atom is -0.467 e. The molecule has 2 N–H and O–H groups in total. The normalized spacial score (nSPS) is 18.7. The third kappa shape index (κ3) is 5.77. The summed E-state index contributed by atoms with van der Waals surface area (Å²) in [6, 6.07) is 2.73. The quantitative estimate of drug-likeness (QED) is 0.388. The van der Waals surface area contributed by atoms with Crippen molar-refractivity contribution in [3.05, 3.63) is 58.4 Å². The van der Waals surface area contributed by atoms with E-state index >= 15 is 0 Å². The second-order valence-corrected chi connectivity index (χ2v) is 10.0. The summed E-state index contributed by atoms with van der Waals surface area (Å²) in [4.78, 5) is 16.8. The number of amides is 1. The third-order valence-electron chi connectivity index (χ3n) is 5.92. The van der Waals surface area contributed by atoms with Crippen molar-refractivity contribution in [2.24, 2.45) is 0 Å². The summed E-state index contributed by atoms with van der Waals surface area (Å²) in [5.41, 5.74) is 0.649. The molecule has 3 aromatic heterocycles. The highest BCUT2D eigenvalue weighted by Gasteiger charge is 2.41. The van der Waals surface area contributed by atoms with Gasteiger partial charge in [-0.25, -0.2) is 9.31 Å². The average molecular weight is 526 g/mol. The molecule has 8 nitrogen and oxygen atoms in total. The molecule has 3 heterocycles. The SMILES string of the molecule is Cc1c(C2CC=C(C(F)(F)F)CC2NC(=O)OC(C)(C)C)cn2nc(Cl)nc(NCc3ccco3)c12. The number of alkyl carbamates (subject to hydrolysis) is 1. The van der Waals surface area contributed by atoms with Crippen molar-refractivity contribution in [2.45, 2.75) is 70.8 Å². The Morgan fingerprint density at radius 3 is 2.72 bits per heavy atom. The number of alkyl halides is 3. The first kappa shape index (κ1) is 25.9. The zero-order valence-corrected chi connectivity index (χ0v) is 21.0. The number of allylic oxidation sites excluding steroid dienone is 1. The van der Waals surface area contributed by atoms with Gasteiger partial charge in [0.25, 0.3) is 0 Å². The molecule has 0 bridgehead atoms. The third-order valence-corrected chi connectivity index (χ3v) is 6.08.